The number of hydrogen-bond donors (Lipinski definition) is 2. The number of phenolic OH excluding ortho intramolecular Hbond substituents is 1. The van der Waals surface area contributed by atoms with E-state index in [4.69, 9.17) is 9.47 Å². The van der Waals surface area contributed by atoms with Crippen molar-refractivity contribution < 1.29 is 24.3 Å². The lowest BCUT2D eigenvalue weighted by atomic mass is 10.0. The van der Waals surface area contributed by atoms with Crippen molar-refractivity contribution >= 4 is 17.3 Å². The average Bonchev–Trinajstić information content (AvgIpc) is 3.23. The van der Waals surface area contributed by atoms with Gasteiger partial charge in [-0.05, 0) is 31.0 Å². The summed E-state index contributed by atoms with van der Waals surface area (Å²) in [4.78, 5) is 25.9. The third-order valence-corrected chi connectivity index (χ3v) is 5.27. The molecule has 1 saturated heterocycles. The number of nitro benzene ring substituents is 1. The maximum Gasteiger partial charge on any atom is 0.280 e. The first-order valence-corrected chi connectivity index (χ1v) is 9.33. The molecule has 2 heterocycles. The molecular formula is C20H21N3O6. The van der Waals surface area contributed by atoms with Crippen molar-refractivity contribution in [3.63, 3.8) is 0 Å². The number of amides is 1. The predicted molar refractivity (Wildman–Crippen MR) is 104 cm³/mol. The number of hydrogen-bond acceptors (Lipinski definition) is 7. The third-order valence-electron chi connectivity index (χ3n) is 5.27. The molecule has 4 rings (SSSR count). The average molecular weight is 399 g/mol. The summed E-state index contributed by atoms with van der Waals surface area (Å²) in [6, 6.07) is 9.48. The van der Waals surface area contributed by atoms with Crippen molar-refractivity contribution in [2.45, 2.75) is 25.1 Å². The van der Waals surface area contributed by atoms with Gasteiger partial charge >= 0.3 is 0 Å². The fourth-order valence-corrected chi connectivity index (χ4v) is 3.85. The highest BCUT2D eigenvalue weighted by atomic mass is 16.6. The minimum absolute atomic E-state index is 0.0933. The van der Waals surface area contributed by atoms with Crippen LogP contribution in [-0.2, 0) is 4.74 Å². The Labute approximate surface area is 167 Å². The molecule has 152 valence electrons. The lowest BCUT2D eigenvalue weighted by Gasteiger charge is -2.39. The fraction of sp³-hybridized carbons (Fsp3) is 0.350. The van der Waals surface area contributed by atoms with Crippen molar-refractivity contribution in [2.75, 3.05) is 25.6 Å². The van der Waals surface area contributed by atoms with Crippen LogP contribution in [0.4, 0.5) is 11.4 Å². The van der Waals surface area contributed by atoms with Crippen LogP contribution in [0.15, 0.2) is 36.4 Å². The Bertz CT molecular complexity index is 957. The molecule has 2 aliphatic rings. The first-order valence-electron chi connectivity index (χ1n) is 9.33. The van der Waals surface area contributed by atoms with E-state index in [9.17, 15) is 20.0 Å². The van der Waals surface area contributed by atoms with Gasteiger partial charge in [-0.3, -0.25) is 14.9 Å². The van der Waals surface area contributed by atoms with Gasteiger partial charge in [0.2, 0.25) is 0 Å². The van der Waals surface area contributed by atoms with E-state index in [2.05, 4.69) is 5.32 Å². The number of para-hydroxylation sites is 1. The Morgan fingerprint density at radius 2 is 2.17 bits per heavy atom. The van der Waals surface area contributed by atoms with Gasteiger partial charge < -0.3 is 24.8 Å². The molecule has 2 aliphatic heterocycles. The highest BCUT2D eigenvalue weighted by Crippen LogP contribution is 2.41. The van der Waals surface area contributed by atoms with Gasteiger partial charge in [0.05, 0.1) is 35.3 Å². The van der Waals surface area contributed by atoms with Gasteiger partial charge in [0.1, 0.15) is 6.17 Å². The topological polar surface area (TPSA) is 114 Å². The van der Waals surface area contributed by atoms with Crippen molar-refractivity contribution in [3.05, 3.63) is 57.6 Å². The Balaban J connectivity index is 1.83. The maximum absolute atomic E-state index is 13.3. The molecule has 0 aromatic heterocycles. The van der Waals surface area contributed by atoms with E-state index in [1.165, 1.54) is 13.2 Å². The summed E-state index contributed by atoms with van der Waals surface area (Å²) < 4.78 is 10.8. The van der Waals surface area contributed by atoms with Crippen LogP contribution in [0.1, 0.15) is 34.9 Å². The molecule has 9 nitrogen and oxygen atoms in total. The highest BCUT2D eigenvalue weighted by Gasteiger charge is 2.38. The zero-order valence-electron chi connectivity index (χ0n) is 15.8. The summed E-state index contributed by atoms with van der Waals surface area (Å²) in [5, 5.41) is 25.0. The zero-order chi connectivity index (χ0) is 20.5. The van der Waals surface area contributed by atoms with Crippen LogP contribution in [0, 0.1) is 10.1 Å². The van der Waals surface area contributed by atoms with Crippen molar-refractivity contribution in [1.29, 1.82) is 0 Å². The number of carbonyl (C=O) groups is 1. The normalized spacial score (nSPS) is 20.9. The highest BCUT2D eigenvalue weighted by molar-refractivity contribution is 6.01. The molecule has 2 atom stereocenters. The minimum atomic E-state index is -0.809. The number of fused-ring (bicyclic) bond motifs is 1. The molecule has 1 amide bonds. The molecule has 29 heavy (non-hydrogen) atoms. The number of rotatable bonds is 5. The minimum Gasteiger partial charge on any atom is -0.504 e. The molecular weight excluding hydrogens is 378 g/mol. The Morgan fingerprint density at radius 3 is 2.86 bits per heavy atom. The van der Waals surface area contributed by atoms with Gasteiger partial charge in [0.25, 0.3) is 11.6 Å². The first kappa shape index (κ1) is 19.0. The number of anilines is 1. The number of nitrogens with zero attached hydrogens (tertiary/aromatic N) is 2. The van der Waals surface area contributed by atoms with Crippen LogP contribution < -0.4 is 10.1 Å². The summed E-state index contributed by atoms with van der Waals surface area (Å²) >= 11 is 0. The van der Waals surface area contributed by atoms with Gasteiger partial charge in [-0.2, -0.15) is 0 Å². The van der Waals surface area contributed by atoms with Crippen LogP contribution in [-0.4, -0.2) is 47.2 Å². The second kappa shape index (κ2) is 7.59. The predicted octanol–water partition coefficient (Wildman–Crippen LogP) is 3.05. The standard InChI is InChI=1S/C20H21N3O6/c1-28-18-9-14(16(23(26)27)10-17(18)24)19-21-15-7-3-2-6-13(15)20(25)22(19)11-12-5-4-8-29-12/h2-3,6-7,9-10,12,19,21,24H,4-5,8,11H2,1H3. The van der Waals surface area contributed by atoms with E-state index in [0.717, 1.165) is 18.9 Å². The van der Waals surface area contributed by atoms with Crippen LogP contribution in [0.25, 0.3) is 0 Å². The van der Waals surface area contributed by atoms with Crippen LogP contribution in [0.5, 0.6) is 11.5 Å². The summed E-state index contributed by atoms with van der Waals surface area (Å²) in [5.74, 6) is -0.479. The van der Waals surface area contributed by atoms with E-state index in [1.54, 1.807) is 29.2 Å². The molecule has 0 bridgehead atoms. The molecule has 2 aromatic carbocycles. The Morgan fingerprint density at radius 1 is 1.38 bits per heavy atom. The number of benzene rings is 2. The van der Waals surface area contributed by atoms with E-state index >= 15 is 0 Å². The number of methoxy groups -OCH3 is 1. The lowest BCUT2D eigenvalue weighted by molar-refractivity contribution is -0.386. The molecule has 0 spiro atoms. The van der Waals surface area contributed by atoms with Gasteiger partial charge in [-0.15, -0.1) is 0 Å². The Kier molecular flexibility index (Phi) is 4.98. The zero-order valence-corrected chi connectivity index (χ0v) is 15.8. The van der Waals surface area contributed by atoms with Crippen molar-refractivity contribution in [3.8, 4) is 11.5 Å². The number of nitro groups is 1. The molecule has 2 aromatic rings. The summed E-state index contributed by atoms with van der Waals surface area (Å²) in [5.41, 5.74) is 1.01. The van der Waals surface area contributed by atoms with E-state index in [0.29, 0.717) is 24.4 Å². The molecule has 9 heteroatoms. The molecule has 0 aliphatic carbocycles. The number of phenols is 1. The molecule has 0 saturated carbocycles. The largest absolute Gasteiger partial charge is 0.504 e. The summed E-state index contributed by atoms with van der Waals surface area (Å²) in [6.07, 6.45) is 0.788. The smallest absolute Gasteiger partial charge is 0.280 e. The number of ether oxygens (including phenoxy) is 2. The number of aromatic hydroxyl groups is 1. The van der Waals surface area contributed by atoms with Gasteiger partial charge in [0, 0.05) is 18.8 Å². The van der Waals surface area contributed by atoms with Crippen LogP contribution >= 0.6 is 0 Å². The number of nitrogens with one attached hydrogen (secondary N) is 1. The molecule has 0 radical (unpaired) electrons. The lowest BCUT2D eigenvalue weighted by Crippen LogP contribution is -2.46. The van der Waals surface area contributed by atoms with E-state index < -0.39 is 11.1 Å². The molecule has 2 unspecified atom stereocenters. The van der Waals surface area contributed by atoms with Crippen molar-refractivity contribution in [2.24, 2.45) is 0 Å². The van der Waals surface area contributed by atoms with Gasteiger partial charge in [0.15, 0.2) is 11.5 Å². The van der Waals surface area contributed by atoms with Crippen LogP contribution in [0.2, 0.25) is 0 Å². The molecule has 1 fully saturated rings. The van der Waals surface area contributed by atoms with E-state index in [-0.39, 0.29) is 34.8 Å². The number of carbonyl (C=O) groups excluding carboxylic acids is 1. The Hall–Kier alpha value is -3.33. The van der Waals surface area contributed by atoms with E-state index in [1.807, 2.05) is 0 Å². The second-order valence-corrected chi connectivity index (χ2v) is 7.02. The molecule has 2 N–H and O–H groups in total. The summed E-state index contributed by atoms with van der Waals surface area (Å²) in [7, 11) is 1.36. The summed E-state index contributed by atoms with van der Waals surface area (Å²) in [6.45, 7) is 0.930. The quantitative estimate of drug-likeness (QED) is 0.587. The maximum atomic E-state index is 13.3. The first-order chi connectivity index (χ1) is 14.0. The SMILES string of the molecule is COc1cc(C2Nc3ccccc3C(=O)N2CC2CCCO2)c([N+](=O)[O-])cc1O. The van der Waals surface area contributed by atoms with Gasteiger partial charge in [-0.1, -0.05) is 12.1 Å². The second-order valence-electron chi connectivity index (χ2n) is 7.02. The van der Waals surface area contributed by atoms with Crippen molar-refractivity contribution in [1.82, 2.24) is 4.90 Å². The third kappa shape index (κ3) is 3.44. The van der Waals surface area contributed by atoms with Crippen LogP contribution in [0.3, 0.4) is 0 Å². The monoisotopic (exact) mass is 399 g/mol. The fourth-order valence-electron chi connectivity index (χ4n) is 3.85. The van der Waals surface area contributed by atoms with Gasteiger partial charge in [-0.25, -0.2) is 0 Å².